The van der Waals surface area contributed by atoms with E-state index in [9.17, 15) is 9.18 Å². The number of rotatable bonds is 2. The zero-order chi connectivity index (χ0) is 20.1. The van der Waals surface area contributed by atoms with Gasteiger partial charge in [-0.3, -0.25) is 4.79 Å². The summed E-state index contributed by atoms with van der Waals surface area (Å²) < 4.78 is 16.2. The van der Waals surface area contributed by atoms with Crippen LogP contribution in [0.5, 0.6) is 0 Å². The second-order valence-corrected chi connectivity index (χ2v) is 8.31. The zero-order valence-electron chi connectivity index (χ0n) is 15.3. The second kappa shape index (κ2) is 6.89. The van der Waals surface area contributed by atoms with Crippen molar-refractivity contribution in [2.75, 3.05) is 6.54 Å². The lowest BCUT2D eigenvalue weighted by Crippen LogP contribution is -2.41. The molecule has 5 rings (SSSR count). The highest BCUT2D eigenvalue weighted by Gasteiger charge is 2.32. The highest BCUT2D eigenvalue weighted by molar-refractivity contribution is 7.21. The second-order valence-electron chi connectivity index (χ2n) is 6.85. The molecule has 0 saturated heterocycles. The highest BCUT2D eigenvalue weighted by Crippen LogP contribution is 2.33. The molecular formula is C20H15ClFN5OS. The van der Waals surface area contributed by atoms with Gasteiger partial charge in [0.1, 0.15) is 5.82 Å². The number of nitrogens with zero attached hydrogens (tertiary/aromatic N) is 5. The van der Waals surface area contributed by atoms with Gasteiger partial charge in [-0.2, -0.15) is 0 Å². The quantitative estimate of drug-likeness (QED) is 0.470. The Morgan fingerprint density at radius 2 is 1.97 bits per heavy atom. The molecule has 3 heterocycles. The lowest BCUT2D eigenvalue weighted by atomic mass is 10.1. The summed E-state index contributed by atoms with van der Waals surface area (Å²) in [5.74, 6) is 0.993. The Morgan fingerprint density at radius 3 is 2.76 bits per heavy atom. The van der Waals surface area contributed by atoms with Gasteiger partial charge >= 0.3 is 0 Å². The van der Waals surface area contributed by atoms with Crippen molar-refractivity contribution in [3.05, 3.63) is 64.7 Å². The minimum Gasteiger partial charge on any atom is -0.327 e. The van der Waals surface area contributed by atoms with E-state index < -0.39 is 0 Å². The molecule has 2 aromatic heterocycles. The first-order valence-corrected chi connectivity index (χ1v) is 10.3. The number of carbonyl (C=O) groups excluding carboxylic acids is 1. The van der Waals surface area contributed by atoms with Gasteiger partial charge in [0.05, 0.1) is 16.3 Å². The van der Waals surface area contributed by atoms with Crippen LogP contribution in [0.1, 0.15) is 29.1 Å². The number of hydrogen-bond donors (Lipinski definition) is 0. The summed E-state index contributed by atoms with van der Waals surface area (Å²) in [6.07, 6.45) is 0. The molecule has 2 aromatic carbocycles. The molecule has 1 aliphatic heterocycles. The van der Waals surface area contributed by atoms with Gasteiger partial charge in [0, 0.05) is 23.7 Å². The normalized spacial score (nSPS) is 16.2. The molecule has 0 bridgehead atoms. The van der Waals surface area contributed by atoms with Crippen LogP contribution in [0.4, 0.5) is 4.39 Å². The number of amides is 1. The van der Waals surface area contributed by atoms with Gasteiger partial charge in [0.15, 0.2) is 16.7 Å². The lowest BCUT2D eigenvalue weighted by molar-refractivity contribution is 0.0638. The molecule has 4 aromatic rings. The summed E-state index contributed by atoms with van der Waals surface area (Å²) in [4.78, 5) is 19.3. The third kappa shape index (κ3) is 3.08. The number of carbonyl (C=O) groups is 1. The predicted molar refractivity (Wildman–Crippen MR) is 109 cm³/mol. The number of aromatic nitrogens is 4. The van der Waals surface area contributed by atoms with Crippen molar-refractivity contribution in [1.29, 1.82) is 0 Å². The van der Waals surface area contributed by atoms with Crippen molar-refractivity contribution in [2.24, 2.45) is 0 Å². The van der Waals surface area contributed by atoms with E-state index in [2.05, 4.69) is 15.2 Å². The Morgan fingerprint density at radius 1 is 1.17 bits per heavy atom. The first-order valence-electron chi connectivity index (χ1n) is 9.07. The Balaban J connectivity index is 1.47. The van der Waals surface area contributed by atoms with E-state index in [0.29, 0.717) is 40.3 Å². The lowest BCUT2D eigenvalue weighted by Gasteiger charge is -2.33. The molecule has 0 saturated carbocycles. The average molecular weight is 428 g/mol. The number of benzene rings is 2. The van der Waals surface area contributed by atoms with Gasteiger partial charge in [-0.25, -0.2) is 9.37 Å². The monoisotopic (exact) mass is 427 g/mol. The van der Waals surface area contributed by atoms with Gasteiger partial charge in [-0.1, -0.05) is 11.6 Å². The first kappa shape index (κ1) is 18.2. The van der Waals surface area contributed by atoms with Crippen LogP contribution >= 0.6 is 22.9 Å². The minimum atomic E-state index is -0.291. The van der Waals surface area contributed by atoms with E-state index in [-0.39, 0.29) is 17.8 Å². The van der Waals surface area contributed by atoms with Gasteiger partial charge < -0.3 is 9.47 Å². The van der Waals surface area contributed by atoms with Gasteiger partial charge in [-0.05, 0) is 49.4 Å². The maximum Gasteiger partial charge on any atom is 0.254 e. The summed E-state index contributed by atoms with van der Waals surface area (Å²) in [7, 11) is 0. The molecule has 0 fully saturated rings. The van der Waals surface area contributed by atoms with Crippen molar-refractivity contribution in [1.82, 2.24) is 24.6 Å². The van der Waals surface area contributed by atoms with E-state index in [1.807, 2.05) is 11.5 Å². The molecule has 6 nitrogen and oxygen atoms in total. The van der Waals surface area contributed by atoms with E-state index in [1.54, 1.807) is 35.2 Å². The maximum atomic E-state index is 13.5. The third-order valence-corrected chi connectivity index (χ3v) is 6.34. The van der Waals surface area contributed by atoms with Crippen LogP contribution in [0.25, 0.3) is 21.0 Å². The highest BCUT2D eigenvalue weighted by atomic mass is 35.5. The van der Waals surface area contributed by atoms with Gasteiger partial charge in [-0.15, -0.1) is 21.5 Å². The number of hydrogen-bond acceptors (Lipinski definition) is 5. The van der Waals surface area contributed by atoms with Crippen LogP contribution in [-0.2, 0) is 6.54 Å². The molecule has 0 radical (unpaired) electrons. The summed E-state index contributed by atoms with van der Waals surface area (Å²) in [6.45, 7) is 3.02. The molecule has 1 atom stereocenters. The van der Waals surface area contributed by atoms with Crippen molar-refractivity contribution in [3.63, 3.8) is 0 Å². The summed E-state index contributed by atoms with van der Waals surface area (Å²) >= 11 is 7.31. The molecule has 9 heteroatoms. The largest absolute Gasteiger partial charge is 0.327 e. The Hall–Kier alpha value is -2.84. The van der Waals surface area contributed by atoms with Crippen molar-refractivity contribution in [3.8, 4) is 10.8 Å². The van der Waals surface area contributed by atoms with E-state index in [1.165, 1.54) is 23.5 Å². The molecule has 0 aliphatic carbocycles. The fraction of sp³-hybridized carbons (Fsp3) is 0.200. The number of fused-ring (bicyclic) bond motifs is 2. The molecule has 0 unspecified atom stereocenters. The van der Waals surface area contributed by atoms with E-state index >= 15 is 0 Å². The predicted octanol–water partition coefficient (Wildman–Crippen LogP) is 4.56. The van der Waals surface area contributed by atoms with Crippen LogP contribution in [0.2, 0.25) is 5.02 Å². The standard InChI is InChI=1S/C20H15ClFN5OS/c1-11-17-24-25-18(19-23-15-7-6-14(22)10-16(15)29-19)27(17)9-8-26(11)20(28)12-2-4-13(21)5-3-12/h2-7,10-11H,8-9H2,1H3/t11-/m1/s1. The van der Waals surface area contributed by atoms with E-state index in [0.717, 1.165) is 10.2 Å². The van der Waals surface area contributed by atoms with Crippen molar-refractivity contribution < 1.29 is 9.18 Å². The van der Waals surface area contributed by atoms with Crippen LogP contribution in [0.3, 0.4) is 0 Å². The average Bonchev–Trinajstić information content (AvgIpc) is 3.32. The molecule has 1 aliphatic rings. The van der Waals surface area contributed by atoms with Crippen LogP contribution in [-0.4, -0.2) is 37.1 Å². The Labute approximate surface area is 174 Å². The smallest absolute Gasteiger partial charge is 0.254 e. The van der Waals surface area contributed by atoms with Crippen LogP contribution < -0.4 is 0 Å². The van der Waals surface area contributed by atoms with Crippen molar-refractivity contribution in [2.45, 2.75) is 19.5 Å². The molecule has 146 valence electrons. The molecule has 0 spiro atoms. The topological polar surface area (TPSA) is 63.9 Å². The molecule has 0 N–H and O–H groups in total. The minimum absolute atomic E-state index is 0.0690. The first-order chi connectivity index (χ1) is 14.0. The van der Waals surface area contributed by atoms with Crippen molar-refractivity contribution >= 4 is 39.1 Å². The molecular weight excluding hydrogens is 413 g/mol. The molecule has 29 heavy (non-hydrogen) atoms. The SMILES string of the molecule is C[C@@H]1c2nnc(-c3nc4ccc(F)cc4s3)n2CCN1C(=O)c1ccc(Cl)cc1. The maximum absolute atomic E-state index is 13.5. The summed E-state index contributed by atoms with van der Waals surface area (Å²) in [5.41, 5.74) is 1.31. The van der Waals surface area contributed by atoms with Crippen LogP contribution in [0, 0.1) is 5.82 Å². The number of thiazole rings is 1. The van der Waals surface area contributed by atoms with Crippen LogP contribution in [0.15, 0.2) is 42.5 Å². The summed E-state index contributed by atoms with van der Waals surface area (Å²) in [6, 6.07) is 11.2. The zero-order valence-corrected chi connectivity index (χ0v) is 16.9. The summed E-state index contributed by atoms with van der Waals surface area (Å²) in [5, 5.41) is 9.94. The number of halogens is 2. The van der Waals surface area contributed by atoms with E-state index in [4.69, 9.17) is 11.6 Å². The van der Waals surface area contributed by atoms with Gasteiger partial charge in [0.25, 0.3) is 5.91 Å². The Bertz CT molecular complexity index is 1240. The third-order valence-electron chi connectivity index (χ3n) is 5.08. The Kier molecular flexibility index (Phi) is 4.33. The van der Waals surface area contributed by atoms with Gasteiger partial charge in [0.2, 0.25) is 0 Å². The fourth-order valence-corrected chi connectivity index (χ4v) is 4.68. The molecule has 1 amide bonds. The fourth-order valence-electron chi connectivity index (χ4n) is 3.57.